The minimum atomic E-state index is -0.0417. The smallest absolute Gasteiger partial charge is 0.251 e. The van der Waals surface area contributed by atoms with Crippen LogP contribution in [0, 0.1) is 0 Å². The minimum Gasteiger partial charge on any atom is -0.398 e. The lowest BCUT2D eigenvalue weighted by Crippen LogP contribution is -2.39. The van der Waals surface area contributed by atoms with E-state index < -0.39 is 0 Å². The quantitative estimate of drug-likeness (QED) is 0.664. The highest BCUT2D eigenvalue weighted by atomic mass is 16.1. The molecule has 2 rings (SSSR count). The number of nitrogens with two attached hydrogens (primary N) is 2. The first-order chi connectivity index (χ1) is 7.70. The average Bonchev–Trinajstić information content (AvgIpc) is 2.23. The van der Waals surface area contributed by atoms with E-state index in [1.54, 1.807) is 12.1 Å². The van der Waals surface area contributed by atoms with Gasteiger partial charge in [0.15, 0.2) is 0 Å². The molecule has 1 fully saturated rings. The molecule has 0 radical (unpaired) electrons. The van der Waals surface area contributed by atoms with Gasteiger partial charge in [-0.3, -0.25) is 4.79 Å². The van der Waals surface area contributed by atoms with Gasteiger partial charge in [0.2, 0.25) is 0 Å². The van der Waals surface area contributed by atoms with Gasteiger partial charge in [-0.15, -0.1) is 0 Å². The monoisotopic (exact) mass is 219 g/mol. The minimum absolute atomic E-state index is 0.0417. The molecule has 1 aromatic carbocycles. The van der Waals surface area contributed by atoms with Crippen molar-refractivity contribution in [2.45, 2.75) is 31.8 Å². The number of carbonyl (C=O) groups excluding carboxylic acids is 1. The molecule has 0 spiro atoms. The number of anilines is 1. The van der Waals surface area contributed by atoms with Crippen LogP contribution in [0.1, 0.15) is 35.2 Å². The second-order valence-corrected chi connectivity index (χ2v) is 4.22. The van der Waals surface area contributed by atoms with Crippen molar-refractivity contribution < 1.29 is 4.79 Å². The molecule has 0 unspecified atom stereocenters. The Bertz CT molecular complexity index is 399. The SMILES string of the molecule is NCc1ccc(C(=O)NC2CCC2)cc1N. The van der Waals surface area contributed by atoms with E-state index in [1.165, 1.54) is 6.42 Å². The Kier molecular flexibility index (Phi) is 3.10. The summed E-state index contributed by atoms with van der Waals surface area (Å²) in [6.07, 6.45) is 3.38. The number of hydrogen-bond acceptors (Lipinski definition) is 3. The lowest BCUT2D eigenvalue weighted by atomic mass is 9.93. The summed E-state index contributed by atoms with van der Waals surface area (Å²) in [5.41, 5.74) is 13.4. The zero-order valence-electron chi connectivity index (χ0n) is 9.20. The average molecular weight is 219 g/mol. The fraction of sp³-hybridized carbons (Fsp3) is 0.417. The third kappa shape index (κ3) is 2.17. The van der Waals surface area contributed by atoms with Crippen molar-refractivity contribution in [1.29, 1.82) is 0 Å². The van der Waals surface area contributed by atoms with Crippen LogP contribution in [0.15, 0.2) is 18.2 Å². The molecular formula is C12H17N3O. The largest absolute Gasteiger partial charge is 0.398 e. The van der Waals surface area contributed by atoms with E-state index >= 15 is 0 Å². The summed E-state index contributed by atoms with van der Waals surface area (Å²) in [7, 11) is 0. The van der Waals surface area contributed by atoms with Crippen molar-refractivity contribution in [2.24, 2.45) is 5.73 Å². The fourth-order valence-corrected chi connectivity index (χ4v) is 1.74. The lowest BCUT2D eigenvalue weighted by molar-refractivity contribution is 0.0917. The molecule has 1 saturated carbocycles. The number of rotatable bonds is 3. The fourth-order valence-electron chi connectivity index (χ4n) is 1.74. The number of benzene rings is 1. The number of nitrogen functional groups attached to an aromatic ring is 1. The van der Waals surface area contributed by atoms with Crippen LogP contribution in [-0.4, -0.2) is 11.9 Å². The second-order valence-electron chi connectivity index (χ2n) is 4.22. The van der Waals surface area contributed by atoms with Gasteiger partial charge < -0.3 is 16.8 Å². The number of carbonyl (C=O) groups is 1. The molecule has 5 N–H and O–H groups in total. The van der Waals surface area contributed by atoms with Gasteiger partial charge in [-0.05, 0) is 37.0 Å². The van der Waals surface area contributed by atoms with E-state index in [-0.39, 0.29) is 5.91 Å². The highest BCUT2D eigenvalue weighted by molar-refractivity contribution is 5.95. The topological polar surface area (TPSA) is 81.1 Å². The van der Waals surface area contributed by atoms with Crippen LogP contribution in [0.5, 0.6) is 0 Å². The van der Waals surface area contributed by atoms with Crippen molar-refractivity contribution in [3.63, 3.8) is 0 Å². The van der Waals surface area contributed by atoms with E-state index in [0.29, 0.717) is 23.8 Å². The van der Waals surface area contributed by atoms with Crippen LogP contribution < -0.4 is 16.8 Å². The van der Waals surface area contributed by atoms with Crippen LogP contribution in [0.2, 0.25) is 0 Å². The van der Waals surface area contributed by atoms with Crippen LogP contribution in [-0.2, 0) is 6.54 Å². The van der Waals surface area contributed by atoms with Gasteiger partial charge >= 0.3 is 0 Å². The molecule has 0 bridgehead atoms. The highest BCUT2D eigenvalue weighted by Gasteiger charge is 2.20. The van der Waals surface area contributed by atoms with E-state index in [9.17, 15) is 4.79 Å². The van der Waals surface area contributed by atoms with Crippen molar-refractivity contribution >= 4 is 11.6 Å². The predicted molar refractivity (Wildman–Crippen MR) is 63.9 cm³/mol. The van der Waals surface area contributed by atoms with E-state index in [2.05, 4.69) is 5.32 Å². The molecular weight excluding hydrogens is 202 g/mol. The zero-order valence-corrected chi connectivity index (χ0v) is 9.20. The van der Waals surface area contributed by atoms with Crippen molar-refractivity contribution in [2.75, 3.05) is 5.73 Å². The van der Waals surface area contributed by atoms with E-state index in [0.717, 1.165) is 18.4 Å². The molecule has 1 aliphatic rings. The molecule has 1 amide bonds. The van der Waals surface area contributed by atoms with Gasteiger partial charge in [0.1, 0.15) is 0 Å². The van der Waals surface area contributed by atoms with Gasteiger partial charge in [-0.2, -0.15) is 0 Å². The third-order valence-corrected chi connectivity index (χ3v) is 3.07. The Labute approximate surface area is 95.0 Å². The van der Waals surface area contributed by atoms with Gasteiger partial charge in [0, 0.05) is 23.8 Å². The first-order valence-corrected chi connectivity index (χ1v) is 5.60. The Hall–Kier alpha value is -1.55. The number of nitrogens with one attached hydrogen (secondary N) is 1. The Morgan fingerprint density at radius 1 is 1.44 bits per heavy atom. The molecule has 4 heteroatoms. The summed E-state index contributed by atoms with van der Waals surface area (Å²) >= 11 is 0. The molecule has 0 atom stereocenters. The molecule has 0 aliphatic heterocycles. The maximum absolute atomic E-state index is 11.8. The predicted octanol–water partition coefficient (Wildman–Crippen LogP) is 1.01. The Balaban J connectivity index is 2.07. The lowest BCUT2D eigenvalue weighted by Gasteiger charge is -2.26. The molecule has 1 aliphatic carbocycles. The standard InChI is InChI=1S/C12H17N3O/c13-7-9-5-4-8(6-11(9)14)12(16)15-10-2-1-3-10/h4-6,10H,1-3,7,13-14H2,(H,15,16). The maximum Gasteiger partial charge on any atom is 0.251 e. The van der Waals surface area contributed by atoms with Gasteiger partial charge in [-0.25, -0.2) is 0 Å². The van der Waals surface area contributed by atoms with Crippen LogP contribution in [0.3, 0.4) is 0 Å². The molecule has 16 heavy (non-hydrogen) atoms. The molecule has 86 valence electrons. The summed E-state index contributed by atoms with van der Waals surface area (Å²) in [6.45, 7) is 0.399. The zero-order chi connectivity index (χ0) is 11.5. The van der Waals surface area contributed by atoms with Crippen molar-refractivity contribution in [3.05, 3.63) is 29.3 Å². The van der Waals surface area contributed by atoms with E-state index in [4.69, 9.17) is 11.5 Å². The molecule has 4 nitrogen and oxygen atoms in total. The summed E-state index contributed by atoms with van der Waals surface area (Å²) in [6, 6.07) is 5.62. The van der Waals surface area contributed by atoms with Gasteiger partial charge in [-0.1, -0.05) is 6.07 Å². The van der Waals surface area contributed by atoms with Crippen molar-refractivity contribution in [1.82, 2.24) is 5.32 Å². The van der Waals surface area contributed by atoms with Gasteiger partial charge in [0.05, 0.1) is 0 Å². The Morgan fingerprint density at radius 3 is 2.69 bits per heavy atom. The first-order valence-electron chi connectivity index (χ1n) is 5.60. The second kappa shape index (κ2) is 4.53. The van der Waals surface area contributed by atoms with Crippen LogP contribution in [0.4, 0.5) is 5.69 Å². The molecule has 0 aromatic heterocycles. The van der Waals surface area contributed by atoms with Crippen LogP contribution in [0.25, 0.3) is 0 Å². The number of hydrogen-bond donors (Lipinski definition) is 3. The molecule has 1 aromatic rings. The summed E-state index contributed by atoms with van der Waals surface area (Å²) in [5.74, 6) is -0.0417. The summed E-state index contributed by atoms with van der Waals surface area (Å²) in [5, 5.41) is 2.97. The highest BCUT2D eigenvalue weighted by Crippen LogP contribution is 2.19. The molecule has 0 heterocycles. The normalized spacial score (nSPS) is 15.6. The maximum atomic E-state index is 11.8. The van der Waals surface area contributed by atoms with Crippen LogP contribution >= 0.6 is 0 Å². The summed E-state index contributed by atoms with van der Waals surface area (Å²) in [4.78, 5) is 11.8. The third-order valence-electron chi connectivity index (χ3n) is 3.07. The molecule has 0 saturated heterocycles. The number of amides is 1. The Morgan fingerprint density at radius 2 is 2.19 bits per heavy atom. The van der Waals surface area contributed by atoms with E-state index in [1.807, 2.05) is 6.07 Å². The van der Waals surface area contributed by atoms with Crippen molar-refractivity contribution in [3.8, 4) is 0 Å². The summed E-state index contributed by atoms with van der Waals surface area (Å²) < 4.78 is 0. The van der Waals surface area contributed by atoms with Gasteiger partial charge in [0.25, 0.3) is 5.91 Å². The first kappa shape index (κ1) is 11.0.